The van der Waals surface area contributed by atoms with Gasteiger partial charge in [0.25, 0.3) is 0 Å². The van der Waals surface area contributed by atoms with Crippen molar-refractivity contribution in [1.29, 1.82) is 0 Å². The van der Waals surface area contributed by atoms with Crippen LogP contribution in [0.2, 0.25) is 5.02 Å². The van der Waals surface area contributed by atoms with Gasteiger partial charge in [-0.3, -0.25) is 4.57 Å². The van der Waals surface area contributed by atoms with Gasteiger partial charge < -0.3 is 0 Å². The van der Waals surface area contributed by atoms with Crippen molar-refractivity contribution in [2.24, 2.45) is 9.98 Å². The molecular weight excluding hydrogens is 400 g/mol. The number of aromatic nitrogens is 2. The molecule has 0 fully saturated rings. The molecule has 0 saturated heterocycles. The number of rotatable bonds is 4. The minimum Gasteiger partial charge on any atom is -0.299 e. The van der Waals surface area contributed by atoms with Crippen LogP contribution in [0.15, 0.2) is 94.9 Å². The molecule has 4 rings (SSSR count). The Bertz CT molecular complexity index is 1180. The van der Waals surface area contributed by atoms with Crippen LogP contribution in [0.5, 0.6) is 0 Å². The lowest BCUT2D eigenvalue weighted by atomic mass is 10.2. The number of aryl methyl sites for hydroxylation is 1. The Morgan fingerprint density at radius 3 is 2.28 bits per heavy atom. The highest BCUT2D eigenvalue weighted by Crippen LogP contribution is 2.14. The van der Waals surface area contributed by atoms with Crippen molar-refractivity contribution in [1.82, 2.24) is 8.94 Å². The smallest absolute Gasteiger partial charge is 0.211 e. The summed E-state index contributed by atoms with van der Waals surface area (Å²) in [6.45, 7) is 2.66. The van der Waals surface area contributed by atoms with E-state index in [-0.39, 0.29) is 0 Å². The Balaban J connectivity index is 1.79. The largest absolute Gasteiger partial charge is 0.299 e. The molecule has 0 bridgehead atoms. The van der Waals surface area contributed by atoms with Gasteiger partial charge in [0.2, 0.25) is 4.80 Å². The number of halogens is 1. The zero-order valence-corrected chi connectivity index (χ0v) is 17.4. The topological polar surface area (TPSA) is 42.5 Å². The van der Waals surface area contributed by atoms with Gasteiger partial charge in [-0.15, -0.1) is 0 Å². The standard InChI is InChI=1S/C23H19ClN4S/c1-17-27-29-23(28(17)16-18-12-14-20(24)15-13-18)26-22(19-8-4-2-5-9-19)25-21-10-6-3-7-11-21/h2-15H,16H2,1H3. The van der Waals surface area contributed by atoms with Crippen LogP contribution in [0.4, 0.5) is 5.69 Å². The minimum atomic E-state index is 0.658. The van der Waals surface area contributed by atoms with Crippen LogP contribution < -0.4 is 4.80 Å². The van der Waals surface area contributed by atoms with E-state index in [1.807, 2.05) is 91.9 Å². The van der Waals surface area contributed by atoms with Crippen molar-refractivity contribution in [2.75, 3.05) is 0 Å². The molecule has 144 valence electrons. The molecule has 0 aliphatic carbocycles. The first-order chi connectivity index (χ1) is 14.2. The fourth-order valence-corrected chi connectivity index (χ4v) is 3.70. The van der Waals surface area contributed by atoms with Gasteiger partial charge in [-0.25, -0.2) is 4.99 Å². The highest BCUT2D eigenvalue weighted by Gasteiger charge is 2.08. The van der Waals surface area contributed by atoms with E-state index in [1.54, 1.807) is 0 Å². The van der Waals surface area contributed by atoms with Crippen LogP contribution in [0.1, 0.15) is 17.0 Å². The summed E-state index contributed by atoms with van der Waals surface area (Å²) in [6, 6.07) is 27.7. The lowest BCUT2D eigenvalue weighted by Crippen LogP contribution is -2.19. The maximum Gasteiger partial charge on any atom is 0.211 e. The third kappa shape index (κ3) is 4.88. The van der Waals surface area contributed by atoms with Gasteiger partial charge in [-0.05, 0) is 36.8 Å². The number of aliphatic imine (C=N–C) groups is 1. The zero-order valence-electron chi connectivity index (χ0n) is 15.9. The third-order valence-corrected chi connectivity index (χ3v) is 5.44. The number of benzene rings is 3. The van der Waals surface area contributed by atoms with Crippen molar-refractivity contribution >= 4 is 34.7 Å². The minimum absolute atomic E-state index is 0.658. The molecule has 0 atom stereocenters. The number of para-hydroxylation sites is 1. The van der Waals surface area contributed by atoms with Gasteiger partial charge in [0.1, 0.15) is 5.82 Å². The lowest BCUT2D eigenvalue weighted by Gasteiger charge is -2.06. The molecule has 0 radical (unpaired) electrons. The molecule has 0 spiro atoms. The van der Waals surface area contributed by atoms with Crippen LogP contribution in [0, 0.1) is 6.92 Å². The fourth-order valence-electron chi connectivity index (χ4n) is 2.84. The van der Waals surface area contributed by atoms with Crippen molar-refractivity contribution in [2.45, 2.75) is 13.5 Å². The summed E-state index contributed by atoms with van der Waals surface area (Å²) < 4.78 is 6.61. The molecule has 6 heteroatoms. The molecule has 4 aromatic rings. The van der Waals surface area contributed by atoms with E-state index in [9.17, 15) is 0 Å². The van der Waals surface area contributed by atoms with E-state index in [2.05, 4.69) is 8.94 Å². The summed E-state index contributed by atoms with van der Waals surface area (Å²) in [6.07, 6.45) is 0. The monoisotopic (exact) mass is 418 g/mol. The normalized spacial score (nSPS) is 12.3. The summed E-state index contributed by atoms with van der Waals surface area (Å²) in [5, 5.41) is 0.727. The van der Waals surface area contributed by atoms with E-state index >= 15 is 0 Å². The highest BCUT2D eigenvalue weighted by molar-refractivity contribution is 7.02. The predicted octanol–water partition coefficient (Wildman–Crippen LogP) is 5.63. The molecular formula is C23H19ClN4S. The Kier molecular flexibility index (Phi) is 5.98. The van der Waals surface area contributed by atoms with Crippen LogP contribution in [-0.4, -0.2) is 14.8 Å². The number of nitrogens with zero attached hydrogens (tertiary/aromatic N) is 4. The first kappa shape index (κ1) is 19.3. The summed E-state index contributed by atoms with van der Waals surface area (Å²) in [5.41, 5.74) is 2.96. The van der Waals surface area contributed by atoms with Crippen LogP contribution >= 0.6 is 23.1 Å². The zero-order chi connectivity index (χ0) is 20.1. The molecule has 0 N–H and O–H groups in total. The molecule has 0 amide bonds. The Morgan fingerprint density at radius 1 is 0.931 bits per heavy atom. The lowest BCUT2D eigenvalue weighted by molar-refractivity contribution is 0.729. The molecule has 0 unspecified atom stereocenters. The van der Waals surface area contributed by atoms with Crippen molar-refractivity contribution < 1.29 is 0 Å². The van der Waals surface area contributed by atoms with Gasteiger partial charge in [-0.1, -0.05) is 72.3 Å². The molecule has 0 saturated carbocycles. The van der Waals surface area contributed by atoms with Gasteiger partial charge >= 0.3 is 0 Å². The Labute approximate surface area is 178 Å². The van der Waals surface area contributed by atoms with Gasteiger partial charge in [0, 0.05) is 22.1 Å². The molecule has 1 aromatic heterocycles. The van der Waals surface area contributed by atoms with Gasteiger partial charge in [0.05, 0.1) is 12.2 Å². The average Bonchev–Trinajstić information content (AvgIpc) is 3.10. The Morgan fingerprint density at radius 2 is 1.59 bits per heavy atom. The summed E-state index contributed by atoms with van der Waals surface area (Å²) in [5.74, 6) is 1.57. The molecule has 0 aliphatic rings. The third-order valence-electron chi connectivity index (χ3n) is 4.36. The molecule has 3 aromatic carbocycles. The number of hydrogen-bond acceptors (Lipinski definition) is 3. The summed E-state index contributed by atoms with van der Waals surface area (Å²) in [7, 11) is 0. The van der Waals surface area contributed by atoms with E-state index in [1.165, 1.54) is 11.5 Å². The predicted molar refractivity (Wildman–Crippen MR) is 120 cm³/mol. The molecule has 0 aliphatic heterocycles. The number of amidine groups is 1. The van der Waals surface area contributed by atoms with Gasteiger partial charge in [-0.2, -0.15) is 9.37 Å². The molecule has 29 heavy (non-hydrogen) atoms. The van der Waals surface area contributed by atoms with Gasteiger partial charge in [0.15, 0.2) is 5.84 Å². The maximum atomic E-state index is 6.02. The van der Waals surface area contributed by atoms with Crippen LogP contribution in [0.25, 0.3) is 0 Å². The first-order valence-corrected chi connectivity index (χ1v) is 10.4. The van der Waals surface area contributed by atoms with Crippen LogP contribution in [-0.2, 0) is 6.54 Å². The second kappa shape index (κ2) is 8.99. The van der Waals surface area contributed by atoms with E-state index in [4.69, 9.17) is 21.6 Å². The highest BCUT2D eigenvalue weighted by atomic mass is 35.5. The van der Waals surface area contributed by atoms with Crippen molar-refractivity contribution in [3.8, 4) is 0 Å². The van der Waals surface area contributed by atoms with Crippen molar-refractivity contribution in [3.63, 3.8) is 0 Å². The Hall–Kier alpha value is -3.02. The van der Waals surface area contributed by atoms with E-state index in [0.717, 1.165) is 32.5 Å². The molecule has 4 nitrogen and oxygen atoms in total. The van der Waals surface area contributed by atoms with Crippen molar-refractivity contribution in [3.05, 3.63) is 112 Å². The summed E-state index contributed by atoms with van der Waals surface area (Å²) >= 11 is 7.39. The van der Waals surface area contributed by atoms with E-state index < -0.39 is 0 Å². The quantitative estimate of drug-likeness (QED) is 0.312. The average molecular weight is 419 g/mol. The second-order valence-corrected chi connectivity index (χ2v) is 7.64. The number of hydrogen-bond donors (Lipinski definition) is 0. The SMILES string of the molecule is Cc1nsc(=NC(=Nc2ccccc2)c2ccccc2)n1Cc1ccc(Cl)cc1. The first-order valence-electron chi connectivity index (χ1n) is 9.20. The van der Waals surface area contributed by atoms with Crippen LogP contribution in [0.3, 0.4) is 0 Å². The second-order valence-electron chi connectivity index (χ2n) is 6.47. The summed E-state index contributed by atoms with van der Waals surface area (Å²) in [4.78, 5) is 10.5. The molecule has 1 heterocycles. The fraction of sp³-hybridized carbons (Fsp3) is 0.0870. The van der Waals surface area contributed by atoms with E-state index in [0.29, 0.717) is 12.4 Å². The maximum absolute atomic E-state index is 6.02.